The van der Waals surface area contributed by atoms with Crippen LogP contribution in [0.5, 0.6) is 0 Å². The highest BCUT2D eigenvalue weighted by molar-refractivity contribution is 5.81. The van der Waals surface area contributed by atoms with Crippen molar-refractivity contribution in [2.75, 3.05) is 0 Å². The Morgan fingerprint density at radius 1 is 1.31 bits per heavy atom. The number of carbonyl (C=O) groups is 2. The van der Waals surface area contributed by atoms with Gasteiger partial charge < -0.3 is 10.2 Å². The summed E-state index contributed by atoms with van der Waals surface area (Å²) in [7, 11) is 0. The fraction of sp³-hybridized carbons (Fsp3) is 0.556. The second kappa shape index (κ2) is 2.87. The van der Waals surface area contributed by atoms with Crippen LogP contribution in [-0.4, -0.2) is 22.2 Å². The first-order valence-electron chi connectivity index (χ1n) is 4.01. The summed E-state index contributed by atoms with van der Waals surface area (Å²) in [5.41, 5.74) is -0.308. The molecule has 1 fully saturated rings. The number of rotatable bonds is 3. The highest BCUT2D eigenvalue weighted by Crippen LogP contribution is 2.58. The maximum Gasteiger partial charge on any atom is 0.327 e. The minimum Gasteiger partial charge on any atom is -0.481 e. The monoisotopic (exact) mass is 184 g/mol. The predicted molar refractivity (Wildman–Crippen MR) is 45.2 cm³/mol. The van der Waals surface area contributed by atoms with Gasteiger partial charge in [0.1, 0.15) is 0 Å². The molecule has 0 heterocycles. The Balaban J connectivity index is 2.66. The van der Waals surface area contributed by atoms with Crippen LogP contribution in [0.4, 0.5) is 0 Å². The van der Waals surface area contributed by atoms with Crippen LogP contribution < -0.4 is 0 Å². The average molecular weight is 184 g/mol. The number of carboxylic acids is 2. The Morgan fingerprint density at radius 2 is 1.85 bits per heavy atom. The van der Waals surface area contributed by atoms with Crippen molar-refractivity contribution in [3.05, 3.63) is 12.2 Å². The van der Waals surface area contributed by atoms with Gasteiger partial charge in [0.15, 0.2) is 0 Å². The third-order valence-corrected chi connectivity index (χ3v) is 2.62. The van der Waals surface area contributed by atoms with E-state index in [1.54, 1.807) is 0 Å². The summed E-state index contributed by atoms with van der Waals surface area (Å²) in [4.78, 5) is 20.8. The summed E-state index contributed by atoms with van der Waals surface area (Å²) in [6.45, 7) is 3.64. The van der Waals surface area contributed by atoms with Crippen LogP contribution >= 0.6 is 0 Å². The molecule has 2 atom stereocenters. The lowest BCUT2D eigenvalue weighted by atomic mass is 10.1. The van der Waals surface area contributed by atoms with Crippen LogP contribution in [0, 0.1) is 17.3 Å². The van der Waals surface area contributed by atoms with Gasteiger partial charge in [-0.25, -0.2) is 4.79 Å². The van der Waals surface area contributed by atoms with E-state index in [0.717, 1.165) is 6.08 Å². The van der Waals surface area contributed by atoms with E-state index in [2.05, 4.69) is 0 Å². The smallest absolute Gasteiger partial charge is 0.327 e. The second-order valence-electron chi connectivity index (χ2n) is 3.86. The number of allylic oxidation sites excluding steroid dienone is 1. The first-order chi connectivity index (χ1) is 5.87. The van der Waals surface area contributed by atoms with Crippen LogP contribution in [-0.2, 0) is 9.59 Å². The van der Waals surface area contributed by atoms with Crippen molar-refractivity contribution < 1.29 is 19.8 Å². The van der Waals surface area contributed by atoms with E-state index in [1.807, 2.05) is 13.8 Å². The van der Waals surface area contributed by atoms with Crippen molar-refractivity contribution in [1.82, 2.24) is 0 Å². The molecule has 13 heavy (non-hydrogen) atoms. The number of aliphatic carboxylic acids is 2. The van der Waals surface area contributed by atoms with Gasteiger partial charge in [0, 0.05) is 6.08 Å². The average Bonchev–Trinajstić information content (AvgIpc) is 2.48. The summed E-state index contributed by atoms with van der Waals surface area (Å²) < 4.78 is 0. The summed E-state index contributed by atoms with van der Waals surface area (Å²) >= 11 is 0. The summed E-state index contributed by atoms with van der Waals surface area (Å²) in [6.07, 6.45) is 2.47. The van der Waals surface area contributed by atoms with Crippen molar-refractivity contribution in [2.24, 2.45) is 17.3 Å². The molecule has 1 aliphatic rings. The van der Waals surface area contributed by atoms with Crippen LogP contribution in [0.1, 0.15) is 13.8 Å². The fourth-order valence-electron chi connectivity index (χ4n) is 1.69. The van der Waals surface area contributed by atoms with Gasteiger partial charge in [0.2, 0.25) is 0 Å². The van der Waals surface area contributed by atoms with E-state index < -0.39 is 17.9 Å². The summed E-state index contributed by atoms with van der Waals surface area (Å²) in [6, 6.07) is 0. The molecular formula is C9H12O4. The Hall–Kier alpha value is -1.32. The molecule has 0 amide bonds. The van der Waals surface area contributed by atoms with Crippen molar-refractivity contribution in [1.29, 1.82) is 0 Å². The van der Waals surface area contributed by atoms with Gasteiger partial charge in [-0.05, 0) is 11.3 Å². The van der Waals surface area contributed by atoms with Gasteiger partial charge in [0.05, 0.1) is 5.92 Å². The quantitative estimate of drug-likeness (QED) is 0.641. The Morgan fingerprint density at radius 3 is 2.15 bits per heavy atom. The molecule has 0 aliphatic heterocycles. The molecule has 2 N–H and O–H groups in total. The molecule has 0 radical (unpaired) electrons. The maximum absolute atomic E-state index is 10.7. The Bertz CT molecular complexity index is 277. The zero-order chi connectivity index (χ0) is 10.2. The number of hydrogen-bond donors (Lipinski definition) is 2. The third kappa shape index (κ3) is 1.71. The third-order valence-electron chi connectivity index (χ3n) is 2.62. The zero-order valence-electron chi connectivity index (χ0n) is 7.52. The van der Waals surface area contributed by atoms with E-state index in [4.69, 9.17) is 10.2 Å². The molecule has 0 saturated heterocycles. The predicted octanol–water partition coefficient (Wildman–Crippen LogP) is 0.984. The van der Waals surface area contributed by atoms with E-state index in [-0.39, 0.29) is 11.3 Å². The number of carboxylic acid groups (broad SMARTS) is 2. The SMILES string of the molecule is CC1(C)[C@H](C(=O)O)[C@@H]1/C=C\C(=O)O. The van der Waals surface area contributed by atoms with Crippen molar-refractivity contribution in [3.8, 4) is 0 Å². The maximum atomic E-state index is 10.7. The van der Waals surface area contributed by atoms with E-state index in [1.165, 1.54) is 6.08 Å². The van der Waals surface area contributed by atoms with Crippen LogP contribution in [0.2, 0.25) is 0 Å². The Labute approximate surface area is 75.9 Å². The zero-order valence-corrected chi connectivity index (χ0v) is 7.52. The van der Waals surface area contributed by atoms with Crippen LogP contribution in [0.3, 0.4) is 0 Å². The highest BCUT2D eigenvalue weighted by Gasteiger charge is 2.60. The highest BCUT2D eigenvalue weighted by atomic mass is 16.4. The lowest BCUT2D eigenvalue weighted by Gasteiger charge is -1.95. The lowest BCUT2D eigenvalue weighted by molar-refractivity contribution is -0.139. The summed E-state index contributed by atoms with van der Waals surface area (Å²) in [5, 5.41) is 17.1. The van der Waals surface area contributed by atoms with E-state index in [9.17, 15) is 9.59 Å². The molecular weight excluding hydrogens is 172 g/mol. The summed E-state index contributed by atoms with van der Waals surface area (Å²) in [5.74, 6) is -2.49. The second-order valence-corrected chi connectivity index (χ2v) is 3.86. The lowest BCUT2D eigenvalue weighted by Crippen LogP contribution is -2.03. The molecule has 0 spiro atoms. The van der Waals surface area contributed by atoms with Gasteiger partial charge in [-0.3, -0.25) is 4.79 Å². The van der Waals surface area contributed by atoms with Gasteiger partial charge in [0.25, 0.3) is 0 Å². The van der Waals surface area contributed by atoms with Gasteiger partial charge >= 0.3 is 11.9 Å². The Kier molecular flexibility index (Phi) is 2.15. The van der Waals surface area contributed by atoms with Crippen LogP contribution in [0.25, 0.3) is 0 Å². The molecule has 1 rings (SSSR count). The molecule has 0 aromatic rings. The van der Waals surface area contributed by atoms with E-state index in [0.29, 0.717) is 0 Å². The molecule has 4 heteroatoms. The molecule has 0 aromatic heterocycles. The van der Waals surface area contributed by atoms with Crippen LogP contribution in [0.15, 0.2) is 12.2 Å². The molecule has 1 saturated carbocycles. The standard InChI is InChI=1S/C9H12O4/c1-9(2)5(3-4-6(10)11)7(9)8(12)13/h3-5,7H,1-2H3,(H,10,11)(H,12,13)/b4-3-/t5-,7-/m0/s1. The van der Waals surface area contributed by atoms with Crippen molar-refractivity contribution in [2.45, 2.75) is 13.8 Å². The largest absolute Gasteiger partial charge is 0.481 e. The molecule has 4 nitrogen and oxygen atoms in total. The van der Waals surface area contributed by atoms with Gasteiger partial charge in [-0.15, -0.1) is 0 Å². The molecule has 72 valence electrons. The first kappa shape index (κ1) is 9.77. The minimum atomic E-state index is -1.04. The normalized spacial score (nSPS) is 30.3. The number of hydrogen-bond acceptors (Lipinski definition) is 2. The molecule has 0 aromatic carbocycles. The molecule has 0 unspecified atom stereocenters. The molecule has 0 bridgehead atoms. The van der Waals surface area contributed by atoms with Gasteiger partial charge in [-0.2, -0.15) is 0 Å². The van der Waals surface area contributed by atoms with Crippen molar-refractivity contribution in [3.63, 3.8) is 0 Å². The topological polar surface area (TPSA) is 74.6 Å². The van der Waals surface area contributed by atoms with Gasteiger partial charge in [-0.1, -0.05) is 19.9 Å². The van der Waals surface area contributed by atoms with Crippen molar-refractivity contribution >= 4 is 11.9 Å². The van der Waals surface area contributed by atoms with E-state index >= 15 is 0 Å². The fourth-order valence-corrected chi connectivity index (χ4v) is 1.69. The minimum absolute atomic E-state index is 0.152. The molecule has 1 aliphatic carbocycles. The first-order valence-corrected chi connectivity index (χ1v) is 4.01.